The summed E-state index contributed by atoms with van der Waals surface area (Å²) in [5.74, 6) is -1.08. The first kappa shape index (κ1) is 22.6. The first-order chi connectivity index (χ1) is 15.5. The number of aromatic carboxylic acids is 1. The number of H-pyrrole nitrogens is 1. The lowest BCUT2D eigenvalue weighted by Crippen LogP contribution is -2.14. The number of carboxylic acids is 1. The molecule has 7 heteroatoms. The van der Waals surface area contributed by atoms with Crippen molar-refractivity contribution < 1.29 is 18.3 Å². The molecule has 0 fully saturated rings. The van der Waals surface area contributed by atoms with Crippen molar-refractivity contribution in [2.45, 2.75) is 38.0 Å². The van der Waals surface area contributed by atoms with E-state index >= 15 is 0 Å². The molecule has 0 saturated heterocycles. The fourth-order valence-electron chi connectivity index (χ4n) is 3.90. The van der Waals surface area contributed by atoms with Crippen LogP contribution in [0.5, 0.6) is 0 Å². The normalized spacial score (nSPS) is 12.1. The molecule has 0 bridgehead atoms. The second-order valence-electron chi connectivity index (χ2n) is 9.14. The highest BCUT2D eigenvalue weighted by Crippen LogP contribution is 2.36. The number of hydrogen-bond acceptors (Lipinski definition) is 3. The third-order valence-corrected chi connectivity index (χ3v) is 7.11. The van der Waals surface area contributed by atoms with Crippen molar-refractivity contribution in [1.29, 1.82) is 0 Å². The van der Waals surface area contributed by atoms with Crippen LogP contribution in [0.1, 0.15) is 42.4 Å². The van der Waals surface area contributed by atoms with Gasteiger partial charge in [-0.05, 0) is 59.4 Å². The minimum atomic E-state index is -3.82. The zero-order chi connectivity index (χ0) is 24.0. The fourth-order valence-corrected chi connectivity index (χ4v) is 4.95. The van der Waals surface area contributed by atoms with Gasteiger partial charge in [0, 0.05) is 22.2 Å². The van der Waals surface area contributed by atoms with Crippen LogP contribution in [0.25, 0.3) is 22.0 Å². The third-order valence-electron chi connectivity index (χ3n) is 5.71. The van der Waals surface area contributed by atoms with E-state index in [4.69, 9.17) is 0 Å². The van der Waals surface area contributed by atoms with E-state index in [0.29, 0.717) is 22.2 Å². The van der Waals surface area contributed by atoms with Gasteiger partial charge in [0.1, 0.15) is 5.69 Å². The summed E-state index contributed by atoms with van der Waals surface area (Å²) in [7, 11) is -3.82. The summed E-state index contributed by atoms with van der Waals surface area (Å²) < 4.78 is 28.6. The van der Waals surface area contributed by atoms with Crippen molar-refractivity contribution in [2.24, 2.45) is 0 Å². The smallest absolute Gasteiger partial charge is 0.352 e. The Bertz CT molecular complexity index is 1460. The Morgan fingerprint density at radius 2 is 1.64 bits per heavy atom. The maximum atomic E-state index is 13.0. The molecule has 0 aliphatic rings. The van der Waals surface area contributed by atoms with Crippen LogP contribution in [0, 0.1) is 6.92 Å². The number of nitrogens with one attached hydrogen (secondary N) is 2. The average molecular weight is 463 g/mol. The van der Waals surface area contributed by atoms with Crippen molar-refractivity contribution >= 4 is 32.6 Å². The SMILES string of the molecule is Cc1ccccc1-c1c(C(=O)O)[nH]c2ccc(NS(=O)(=O)c3ccc(C(C)(C)C)cc3)cc12. The van der Waals surface area contributed by atoms with E-state index in [-0.39, 0.29) is 16.0 Å². The maximum absolute atomic E-state index is 13.0. The average Bonchev–Trinajstić information content (AvgIpc) is 3.12. The van der Waals surface area contributed by atoms with Gasteiger partial charge in [0.25, 0.3) is 10.0 Å². The number of carbonyl (C=O) groups is 1. The van der Waals surface area contributed by atoms with Crippen LogP contribution in [-0.4, -0.2) is 24.5 Å². The van der Waals surface area contributed by atoms with Crippen molar-refractivity contribution in [3.63, 3.8) is 0 Å². The van der Waals surface area contributed by atoms with Gasteiger partial charge in [-0.25, -0.2) is 13.2 Å². The summed E-state index contributed by atoms with van der Waals surface area (Å²) in [5, 5.41) is 10.4. The Labute approximate surface area is 193 Å². The maximum Gasteiger partial charge on any atom is 0.352 e. The van der Waals surface area contributed by atoms with Crippen molar-refractivity contribution in [1.82, 2.24) is 4.98 Å². The molecule has 1 heterocycles. The van der Waals surface area contributed by atoms with Crippen LogP contribution in [-0.2, 0) is 15.4 Å². The first-order valence-electron chi connectivity index (χ1n) is 10.6. The Hall–Kier alpha value is -3.58. The molecule has 1 aromatic heterocycles. The lowest BCUT2D eigenvalue weighted by atomic mass is 9.87. The molecule has 0 aliphatic heterocycles. The molecule has 0 aliphatic carbocycles. The Balaban J connectivity index is 1.77. The molecule has 0 spiro atoms. The summed E-state index contributed by atoms with van der Waals surface area (Å²) in [5.41, 5.74) is 4.23. The highest BCUT2D eigenvalue weighted by atomic mass is 32.2. The predicted octanol–water partition coefficient (Wildman–Crippen LogP) is 5.94. The van der Waals surface area contributed by atoms with Gasteiger partial charge < -0.3 is 10.1 Å². The minimum absolute atomic E-state index is 0.0667. The Morgan fingerprint density at radius 1 is 0.970 bits per heavy atom. The van der Waals surface area contributed by atoms with Gasteiger partial charge >= 0.3 is 5.97 Å². The van der Waals surface area contributed by atoms with Gasteiger partial charge in [-0.1, -0.05) is 57.2 Å². The highest BCUT2D eigenvalue weighted by molar-refractivity contribution is 7.92. The molecule has 0 unspecified atom stereocenters. The molecule has 170 valence electrons. The number of fused-ring (bicyclic) bond motifs is 1. The van der Waals surface area contributed by atoms with E-state index in [9.17, 15) is 18.3 Å². The number of aromatic nitrogens is 1. The quantitative estimate of drug-likeness (QED) is 0.342. The third kappa shape index (κ3) is 4.36. The van der Waals surface area contributed by atoms with Crippen molar-refractivity contribution in [3.8, 4) is 11.1 Å². The molecule has 0 amide bonds. The monoisotopic (exact) mass is 462 g/mol. The molecule has 4 rings (SSSR count). The topological polar surface area (TPSA) is 99.3 Å². The molecular weight excluding hydrogens is 436 g/mol. The fraction of sp³-hybridized carbons (Fsp3) is 0.192. The molecule has 3 aromatic carbocycles. The van der Waals surface area contributed by atoms with Gasteiger partial charge in [0.15, 0.2) is 0 Å². The number of sulfonamides is 1. The number of aromatic amines is 1. The summed E-state index contributed by atoms with van der Waals surface area (Å²) in [4.78, 5) is 15.0. The van der Waals surface area contributed by atoms with Crippen LogP contribution in [0.3, 0.4) is 0 Å². The summed E-state index contributed by atoms with van der Waals surface area (Å²) in [6.07, 6.45) is 0. The molecule has 0 atom stereocenters. The van der Waals surface area contributed by atoms with Gasteiger partial charge in [-0.15, -0.1) is 0 Å². The number of anilines is 1. The summed E-state index contributed by atoms with van der Waals surface area (Å²) in [6.45, 7) is 8.11. The van der Waals surface area contributed by atoms with Gasteiger partial charge in [-0.2, -0.15) is 0 Å². The predicted molar refractivity (Wildman–Crippen MR) is 131 cm³/mol. The molecule has 33 heavy (non-hydrogen) atoms. The van der Waals surface area contributed by atoms with E-state index in [1.165, 1.54) is 0 Å². The lowest BCUT2D eigenvalue weighted by molar-refractivity contribution is 0.0692. The Kier molecular flexibility index (Phi) is 5.54. The highest BCUT2D eigenvalue weighted by Gasteiger charge is 2.22. The molecule has 0 saturated carbocycles. The van der Waals surface area contributed by atoms with E-state index in [1.54, 1.807) is 30.3 Å². The minimum Gasteiger partial charge on any atom is -0.477 e. The molecule has 4 aromatic rings. The Morgan fingerprint density at radius 3 is 2.24 bits per heavy atom. The second kappa shape index (κ2) is 8.08. The van der Waals surface area contributed by atoms with Crippen LogP contribution >= 0.6 is 0 Å². The zero-order valence-corrected chi connectivity index (χ0v) is 19.7. The van der Waals surface area contributed by atoms with Crippen LogP contribution in [0.15, 0.2) is 71.6 Å². The number of benzene rings is 3. The first-order valence-corrected chi connectivity index (χ1v) is 12.0. The van der Waals surface area contributed by atoms with E-state index < -0.39 is 16.0 Å². The zero-order valence-electron chi connectivity index (χ0n) is 18.9. The molecule has 3 N–H and O–H groups in total. The van der Waals surface area contributed by atoms with Gasteiger partial charge in [0.05, 0.1) is 4.90 Å². The van der Waals surface area contributed by atoms with Crippen LogP contribution in [0.2, 0.25) is 0 Å². The second-order valence-corrected chi connectivity index (χ2v) is 10.8. The van der Waals surface area contributed by atoms with E-state index in [0.717, 1.165) is 16.7 Å². The van der Waals surface area contributed by atoms with Crippen molar-refractivity contribution in [2.75, 3.05) is 4.72 Å². The van der Waals surface area contributed by atoms with Crippen molar-refractivity contribution in [3.05, 3.63) is 83.6 Å². The van der Waals surface area contributed by atoms with Gasteiger partial charge in [0.2, 0.25) is 0 Å². The summed E-state index contributed by atoms with van der Waals surface area (Å²) in [6, 6.07) is 19.3. The largest absolute Gasteiger partial charge is 0.477 e. The number of rotatable bonds is 5. The summed E-state index contributed by atoms with van der Waals surface area (Å²) >= 11 is 0. The van der Waals surface area contributed by atoms with E-state index in [2.05, 4.69) is 30.5 Å². The number of hydrogen-bond donors (Lipinski definition) is 3. The standard InChI is InChI=1S/C26H26N2O4S/c1-16-7-5-6-8-20(16)23-21-15-18(11-14-22(21)27-24(23)25(29)30)28-33(31,32)19-12-9-17(10-13-19)26(2,3)4/h5-15,27-28H,1-4H3,(H,29,30). The van der Waals surface area contributed by atoms with Crippen LogP contribution < -0.4 is 4.72 Å². The number of carboxylic acid groups (broad SMARTS) is 1. The molecule has 6 nitrogen and oxygen atoms in total. The molecular formula is C26H26N2O4S. The number of aryl methyl sites for hydroxylation is 1. The molecule has 0 radical (unpaired) electrons. The van der Waals surface area contributed by atoms with Crippen LogP contribution in [0.4, 0.5) is 5.69 Å². The lowest BCUT2D eigenvalue weighted by Gasteiger charge is -2.19. The van der Waals surface area contributed by atoms with Gasteiger partial charge in [-0.3, -0.25) is 4.72 Å². The van der Waals surface area contributed by atoms with E-state index in [1.807, 2.05) is 43.3 Å².